The number of nitrogens with one attached hydrogen (secondary N) is 3. The number of anilines is 1. The van der Waals surface area contributed by atoms with Crippen LogP contribution in [0, 0.1) is 0 Å². The molecule has 3 heterocycles. The zero-order valence-electron chi connectivity index (χ0n) is 24.0. The fraction of sp³-hybridized carbons (Fsp3) is 0.556. The summed E-state index contributed by atoms with van der Waals surface area (Å²) in [6.07, 6.45) is -5.38. The number of ether oxygens (including phenoxy) is 1. The molecule has 0 saturated carbocycles. The molecule has 3 aromatic rings. The number of nitrogens with zero attached hydrogens (tertiary/aromatic N) is 4. The maximum Gasteiger partial charge on any atom is 0.410 e. The van der Waals surface area contributed by atoms with Gasteiger partial charge in [-0.3, -0.25) is 9.89 Å². The third kappa shape index (κ3) is 6.55. The SMILES string of the molecule is Cn1c(CNc2n[nH]c3cc(Cl)c(C(C)(C)C)cc23)nc(C(F)F)c1C(=O)N[C@H]1CN(C(=O)OC(C)(C)C)C[C@@H]1F. The van der Waals surface area contributed by atoms with E-state index >= 15 is 0 Å². The number of imidazole rings is 1. The number of H-pyrrole nitrogens is 1. The van der Waals surface area contributed by atoms with E-state index in [-0.39, 0.29) is 30.9 Å². The van der Waals surface area contributed by atoms with Crippen LogP contribution in [-0.4, -0.2) is 67.6 Å². The average Bonchev–Trinajstić information content (AvgIpc) is 3.50. The Balaban J connectivity index is 1.52. The second kappa shape index (κ2) is 11.1. The average molecular weight is 598 g/mol. The molecule has 0 bridgehead atoms. The fourth-order valence-corrected chi connectivity index (χ4v) is 5.12. The highest BCUT2D eigenvalue weighted by molar-refractivity contribution is 6.32. The Morgan fingerprint density at radius 1 is 1.20 bits per heavy atom. The minimum Gasteiger partial charge on any atom is -0.444 e. The number of aromatic nitrogens is 4. The lowest BCUT2D eigenvalue weighted by molar-refractivity contribution is 0.0281. The monoisotopic (exact) mass is 597 g/mol. The van der Waals surface area contributed by atoms with E-state index < -0.39 is 47.6 Å². The minimum atomic E-state index is -3.05. The van der Waals surface area contributed by atoms with Crippen LogP contribution in [0.15, 0.2) is 12.1 Å². The van der Waals surface area contributed by atoms with Gasteiger partial charge in [-0.1, -0.05) is 32.4 Å². The molecule has 14 heteroatoms. The van der Waals surface area contributed by atoms with Crippen molar-refractivity contribution in [2.45, 2.75) is 77.7 Å². The van der Waals surface area contributed by atoms with Crippen molar-refractivity contribution in [3.05, 3.63) is 39.9 Å². The van der Waals surface area contributed by atoms with E-state index in [2.05, 4.69) is 25.8 Å². The standard InChI is InChI=1S/C27H35ClF3N7O3/c1-26(2,3)14-8-13-17(9-15(14)28)35-36-23(13)32-10-19-34-20(22(30)31)21(37(19)7)24(39)33-18-12-38(11-16(18)29)25(40)41-27(4,5)6/h8-9,16,18,22H,10-12H2,1-7H3,(H,33,39)(H2,32,35,36)/t16-,18-/m0/s1. The normalized spacial score (nSPS) is 17.9. The molecule has 0 aliphatic carbocycles. The molecule has 2 atom stereocenters. The summed E-state index contributed by atoms with van der Waals surface area (Å²) < 4.78 is 49.2. The Bertz CT molecular complexity index is 1460. The maximum absolute atomic E-state index is 14.7. The molecular weight excluding hydrogens is 563 g/mol. The molecule has 1 aliphatic rings. The van der Waals surface area contributed by atoms with Crippen LogP contribution in [0.3, 0.4) is 0 Å². The van der Waals surface area contributed by atoms with Crippen molar-refractivity contribution in [2.24, 2.45) is 7.05 Å². The van der Waals surface area contributed by atoms with Gasteiger partial charge in [0, 0.05) is 24.0 Å². The Morgan fingerprint density at radius 2 is 1.88 bits per heavy atom. The molecule has 224 valence electrons. The zero-order chi connectivity index (χ0) is 30.4. The van der Waals surface area contributed by atoms with E-state index in [0.29, 0.717) is 16.4 Å². The second-order valence-corrected chi connectivity index (χ2v) is 12.6. The molecule has 1 fully saturated rings. The summed E-state index contributed by atoms with van der Waals surface area (Å²) in [6, 6.07) is 2.59. The lowest BCUT2D eigenvalue weighted by atomic mass is 9.86. The smallest absolute Gasteiger partial charge is 0.410 e. The number of fused-ring (bicyclic) bond motifs is 1. The van der Waals surface area contributed by atoms with Gasteiger partial charge in [-0.25, -0.2) is 22.9 Å². The van der Waals surface area contributed by atoms with Gasteiger partial charge in [0.2, 0.25) is 0 Å². The molecule has 4 rings (SSSR count). The van der Waals surface area contributed by atoms with Crippen molar-refractivity contribution in [1.29, 1.82) is 0 Å². The summed E-state index contributed by atoms with van der Waals surface area (Å²) in [5.74, 6) is -0.316. The van der Waals surface area contributed by atoms with Crippen LogP contribution in [0.1, 0.15) is 75.5 Å². The quantitative estimate of drug-likeness (QED) is 0.346. The second-order valence-electron chi connectivity index (χ2n) is 12.2. The van der Waals surface area contributed by atoms with Gasteiger partial charge in [-0.05, 0) is 43.9 Å². The van der Waals surface area contributed by atoms with E-state index in [4.69, 9.17) is 16.3 Å². The third-order valence-electron chi connectivity index (χ3n) is 6.73. The van der Waals surface area contributed by atoms with Gasteiger partial charge < -0.3 is 24.8 Å². The summed E-state index contributed by atoms with van der Waals surface area (Å²) in [5, 5.41) is 14.1. The lowest BCUT2D eigenvalue weighted by Crippen LogP contribution is -2.43. The van der Waals surface area contributed by atoms with Crippen LogP contribution in [0.5, 0.6) is 0 Å². The minimum absolute atomic E-state index is 0.0292. The molecule has 2 aromatic heterocycles. The molecule has 1 aliphatic heterocycles. The molecule has 0 spiro atoms. The summed E-state index contributed by atoms with van der Waals surface area (Å²) in [6.45, 7) is 10.7. The van der Waals surface area contributed by atoms with Crippen LogP contribution < -0.4 is 10.6 Å². The van der Waals surface area contributed by atoms with Crippen LogP contribution in [0.4, 0.5) is 23.8 Å². The van der Waals surface area contributed by atoms with E-state index in [1.54, 1.807) is 26.8 Å². The number of halogens is 4. The fourth-order valence-electron chi connectivity index (χ4n) is 4.67. The maximum atomic E-state index is 14.7. The third-order valence-corrected chi connectivity index (χ3v) is 7.04. The van der Waals surface area contributed by atoms with Gasteiger partial charge >= 0.3 is 6.09 Å². The van der Waals surface area contributed by atoms with Crippen LogP contribution in [0.2, 0.25) is 5.02 Å². The Kier molecular flexibility index (Phi) is 8.23. The van der Waals surface area contributed by atoms with Crippen LogP contribution in [0.25, 0.3) is 10.9 Å². The molecule has 2 amide bonds. The van der Waals surface area contributed by atoms with Gasteiger partial charge in [0.25, 0.3) is 12.3 Å². The highest BCUT2D eigenvalue weighted by Crippen LogP contribution is 2.35. The first kappa shape index (κ1) is 30.5. The molecule has 41 heavy (non-hydrogen) atoms. The summed E-state index contributed by atoms with van der Waals surface area (Å²) in [5.41, 5.74) is -0.525. The van der Waals surface area contributed by atoms with Gasteiger partial charge in [0.05, 0.1) is 24.6 Å². The number of benzene rings is 1. The molecule has 3 N–H and O–H groups in total. The topological polar surface area (TPSA) is 117 Å². The van der Waals surface area contributed by atoms with Crippen molar-refractivity contribution < 1.29 is 27.5 Å². The highest BCUT2D eigenvalue weighted by atomic mass is 35.5. The predicted molar refractivity (Wildman–Crippen MR) is 149 cm³/mol. The Hall–Kier alpha value is -3.48. The predicted octanol–water partition coefficient (Wildman–Crippen LogP) is 5.48. The van der Waals surface area contributed by atoms with Crippen molar-refractivity contribution in [1.82, 2.24) is 30.0 Å². The van der Waals surface area contributed by atoms with E-state index in [0.717, 1.165) is 15.8 Å². The van der Waals surface area contributed by atoms with Gasteiger partial charge in [-0.15, -0.1) is 0 Å². The van der Waals surface area contributed by atoms with E-state index in [9.17, 15) is 22.8 Å². The Labute approximate surface area is 241 Å². The number of carbonyl (C=O) groups excluding carboxylic acids is 2. The van der Waals surface area contributed by atoms with Crippen molar-refractivity contribution in [3.63, 3.8) is 0 Å². The van der Waals surface area contributed by atoms with Crippen LogP contribution in [-0.2, 0) is 23.7 Å². The van der Waals surface area contributed by atoms with Gasteiger partial charge in [-0.2, -0.15) is 5.10 Å². The molecule has 10 nitrogen and oxygen atoms in total. The highest BCUT2D eigenvalue weighted by Gasteiger charge is 2.39. The van der Waals surface area contributed by atoms with Crippen molar-refractivity contribution in [3.8, 4) is 0 Å². The number of amides is 2. The molecule has 1 aromatic carbocycles. The Morgan fingerprint density at radius 3 is 2.49 bits per heavy atom. The number of alkyl halides is 3. The first-order valence-electron chi connectivity index (χ1n) is 13.1. The summed E-state index contributed by atoms with van der Waals surface area (Å²) >= 11 is 6.45. The number of aromatic amines is 1. The van der Waals surface area contributed by atoms with Crippen molar-refractivity contribution >= 4 is 40.3 Å². The first-order valence-corrected chi connectivity index (χ1v) is 13.5. The largest absolute Gasteiger partial charge is 0.444 e. The zero-order valence-corrected chi connectivity index (χ0v) is 24.8. The molecule has 0 unspecified atom stereocenters. The van der Waals surface area contributed by atoms with E-state index in [1.165, 1.54) is 11.6 Å². The number of hydrogen-bond donors (Lipinski definition) is 3. The van der Waals surface area contributed by atoms with E-state index in [1.807, 2.05) is 26.8 Å². The summed E-state index contributed by atoms with van der Waals surface area (Å²) in [7, 11) is 1.43. The molecule has 1 saturated heterocycles. The van der Waals surface area contributed by atoms with Gasteiger partial charge in [0.15, 0.2) is 5.82 Å². The van der Waals surface area contributed by atoms with Gasteiger partial charge in [0.1, 0.15) is 29.0 Å². The number of carbonyl (C=O) groups is 2. The lowest BCUT2D eigenvalue weighted by Gasteiger charge is -2.24. The van der Waals surface area contributed by atoms with Crippen LogP contribution >= 0.6 is 11.6 Å². The number of rotatable bonds is 6. The van der Waals surface area contributed by atoms with Crippen molar-refractivity contribution in [2.75, 3.05) is 18.4 Å². The first-order chi connectivity index (χ1) is 19.0. The number of likely N-dealkylation sites (tertiary alicyclic amines) is 1. The molecule has 0 radical (unpaired) electrons. The number of hydrogen-bond acceptors (Lipinski definition) is 6. The summed E-state index contributed by atoms with van der Waals surface area (Å²) in [4.78, 5) is 30.6. The molecular formula is C27H35ClF3N7O3.